The molecule has 8 nitrogen and oxygen atoms in total. The van der Waals surface area contributed by atoms with E-state index in [0.717, 1.165) is 51.4 Å². The van der Waals surface area contributed by atoms with Crippen molar-refractivity contribution in [1.29, 1.82) is 0 Å². The molecule has 6 unspecified atom stereocenters. The maximum Gasteiger partial charge on any atom is 0.329 e. The third-order valence-corrected chi connectivity index (χ3v) is 12.4. The van der Waals surface area contributed by atoms with Gasteiger partial charge in [-0.3, -0.25) is 9.59 Å². The normalized spacial score (nSPS) is 17.3. The second-order valence-electron chi connectivity index (χ2n) is 21.3. The molecule has 10 heteroatoms. The maximum absolute atomic E-state index is 13.9. The highest BCUT2D eigenvalue weighted by Crippen LogP contribution is 2.36. The van der Waals surface area contributed by atoms with Crippen molar-refractivity contribution in [2.75, 3.05) is 25.7 Å². The molecule has 0 aliphatic carbocycles. The van der Waals surface area contributed by atoms with Crippen LogP contribution in [0.1, 0.15) is 162 Å². The van der Waals surface area contributed by atoms with E-state index in [1.807, 2.05) is 0 Å². The second-order valence-corrected chi connectivity index (χ2v) is 23.9. The number of rotatable bonds is 23. The van der Waals surface area contributed by atoms with Gasteiger partial charge in [0.15, 0.2) is 0 Å². The number of nitrogens with one attached hydrogen (secondary N) is 2. The SMILES string of the molecule is COC(=O)[C@H](CSSC[C@H](NC(=O)C(CCC(C)CC(C)(C)C)C(C)CC(C)(C)C)C(=O)OC)NC(=O)C(CCC(C)CC(C)(C)C)C(C)CC(C)(C)C. The quantitative estimate of drug-likeness (QED) is 0.0597. The number of esters is 2. The van der Waals surface area contributed by atoms with Gasteiger partial charge in [0.05, 0.1) is 14.2 Å². The van der Waals surface area contributed by atoms with Crippen molar-refractivity contribution >= 4 is 45.3 Å². The zero-order chi connectivity index (χ0) is 42.2. The molecule has 0 bridgehead atoms. The lowest BCUT2D eigenvalue weighted by Crippen LogP contribution is -2.47. The summed E-state index contributed by atoms with van der Waals surface area (Å²) in [6, 6.07) is -1.69. The molecule has 0 saturated heterocycles. The number of ether oxygens (including phenoxy) is 2. The first-order valence-corrected chi connectivity index (χ1v) is 23.0. The van der Waals surface area contributed by atoms with Gasteiger partial charge in [0.1, 0.15) is 12.1 Å². The lowest BCUT2D eigenvalue weighted by atomic mass is 9.75. The van der Waals surface area contributed by atoms with Crippen LogP contribution >= 0.6 is 21.6 Å². The van der Waals surface area contributed by atoms with Gasteiger partial charge < -0.3 is 20.1 Å². The Labute approximate surface area is 340 Å². The van der Waals surface area contributed by atoms with Gasteiger partial charge in [-0.05, 0) is 96.7 Å². The number of hydrogen-bond donors (Lipinski definition) is 2. The molecule has 54 heavy (non-hydrogen) atoms. The van der Waals surface area contributed by atoms with Crippen LogP contribution in [-0.4, -0.2) is 61.6 Å². The van der Waals surface area contributed by atoms with Gasteiger partial charge in [-0.15, -0.1) is 0 Å². The van der Waals surface area contributed by atoms with Crippen molar-refractivity contribution in [2.45, 2.75) is 174 Å². The van der Waals surface area contributed by atoms with Gasteiger partial charge >= 0.3 is 11.9 Å². The third kappa shape index (κ3) is 24.3. The van der Waals surface area contributed by atoms with E-state index in [2.05, 4.69) is 121 Å². The Morgan fingerprint density at radius 2 is 0.759 bits per heavy atom. The van der Waals surface area contributed by atoms with E-state index >= 15 is 0 Å². The molecule has 8 atom stereocenters. The fraction of sp³-hybridized carbons (Fsp3) is 0.909. The highest BCUT2D eigenvalue weighted by molar-refractivity contribution is 8.76. The molecule has 0 spiro atoms. The lowest BCUT2D eigenvalue weighted by molar-refractivity contribution is -0.145. The molecule has 0 fully saturated rings. The van der Waals surface area contributed by atoms with Crippen molar-refractivity contribution in [3.05, 3.63) is 0 Å². The fourth-order valence-corrected chi connectivity index (χ4v) is 10.5. The standard InChI is InChI=1S/C44H84N2O6S2/c1-29(23-41(5,6)7)19-21-33(31(3)25-43(11,12)13)37(47)45-35(39(49)51-17)27-53-54-28-36(40(50)52-18)46-38(48)34(32(4)26-44(14,15)16)22-20-30(2)24-42(8,9)10/h29-36H,19-28H2,1-18H3,(H,45,47)(H,46,48)/t29?,30?,31?,32?,33?,34?,35-,36-/m0/s1. The zero-order valence-corrected chi connectivity index (χ0v) is 39.6. The molecule has 0 aromatic carbocycles. The molecule has 2 N–H and O–H groups in total. The highest BCUT2D eigenvalue weighted by Gasteiger charge is 2.34. The topological polar surface area (TPSA) is 111 Å². The van der Waals surface area contributed by atoms with Crippen molar-refractivity contribution in [3.63, 3.8) is 0 Å². The fourth-order valence-electron chi connectivity index (χ4n) is 8.20. The molecule has 0 aromatic heterocycles. The van der Waals surface area contributed by atoms with Crippen LogP contribution in [0.4, 0.5) is 0 Å². The van der Waals surface area contributed by atoms with Crippen LogP contribution in [0.2, 0.25) is 0 Å². The third-order valence-electron chi connectivity index (χ3n) is 9.94. The van der Waals surface area contributed by atoms with Crippen LogP contribution in [0.5, 0.6) is 0 Å². The van der Waals surface area contributed by atoms with Gasteiger partial charge in [0.2, 0.25) is 11.8 Å². The average molecular weight is 801 g/mol. The van der Waals surface area contributed by atoms with Crippen LogP contribution in [0, 0.1) is 57.2 Å². The molecule has 0 aliphatic heterocycles. The van der Waals surface area contributed by atoms with Gasteiger partial charge in [-0.1, -0.05) is 132 Å². The van der Waals surface area contributed by atoms with E-state index in [9.17, 15) is 19.2 Å². The maximum atomic E-state index is 13.9. The van der Waals surface area contributed by atoms with E-state index in [-0.39, 0.29) is 68.7 Å². The van der Waals surface area contributed by atoms with Crippen LogP contribution in [0.25, 0.3) is 0 Å². The first kappa shape index (κ1) is 52.6. The first-order valence-electron chi connectivity index (χ1n) is 20.5. The van der Waals surface area contributed by atoms with E-state index in [1.165, 1.54) is 35.8 Å². The Morgan fingerprint density at radius 3 is 1.00 bits per heavy atom. The minimum atomic E-state index is -0.847. The van der Waals surface area contributed by atoms with Crippen molar-refractivity contribution < 1.29 is 28.7 Å². The van der Waals surface area contributed by atoms with Gasteiger partial charge in [-0.25, -0.2) is 9.59 Å². The van der Waals surface area contributed by atoms with E-state index < -0.39 is 24.0 Å². The monoisotopic (exact) mass is 801 g/mol. The highest BCUT2D eigenvalue weighted by atomic mass is 33.1. The van der Waals surface area contributed by atoms with E-state index in [4.69, 9.17) is 9.47 Å². The number of hydrogen-bond acceptors (Lipinski definition) is 8. The summed E-state index contributed by atoms with van der Waals surface area (Å²) in [4.78, 5) is 53.7. The Kier molecular flexibility index (Phi) is 23.1. The molecule has 0 saturated carbocycles. The van der Waals surface area contributed by atoms with Crippen LogP contribution in [0.15, 0.2) is 0 Å². The Morgan fingerprint density at radius 1 is 0.481 bits per heavy atom. The summed E-state index contributed by atoms with van der Waals surface area (Å²) < 4.78 is 10.2. The summed E-state index contributed by atoms with van der Waals surface area (Å²) >= 11 is 0. The Bertz CT molecular complexity index is 1050. The summed E-state index contributed by atoms with van der Waals surface area (Å²) in [5.74, 6) is -0.00769. The Balaban J connectivity index is 5.83. The Hall–Kier alpha value is -1.42. The summed E-state index contributed by atoms with van der Waals surface area (Å²) in [7, 11) is 5.40. The first-order chi connectivity index (χ1) is 24.5. The molecule has 0 heterocycles. The number of carbonyl (C=O) groups excluding carboxylic acids is 4. The summed E-state index contributed by atoms with van der Waals surface area (Å²) in [5.41, 5.74) is 0.547. The smallest absolute Gasteiger partial charge is 0.329 e. The minimum absolute atomic E-state index is 0.0597. The van der Waals surface area contributed by atoms with Gasteiger partial charge in [-0.2, -0.15) is 0 Å². The molecule has 318 valence electrons. The van der Waals surface area contributed by atoms with Crippen molar-refractivity contribution in [2.24, 2.45) is 57.2 Å². The largest absolute Gasteiger partial charge is 0.467 e. The molecule has 0 rings (SSSR count). The van der Waals surface area contributed by atoms with Crippen LogP contribution in [-0.2, 0) is 28.7 Å². The second kappa shape index (κ2) is 23.7. The average Bonchev–Trinajstić information content (AvgIpc) is 2.97. The van der Waals surface area contributed by atoms with Crippen LogP contribution < -0.4 is 10.6 Å². The predicted octanol–water partition coefficient (Wildman–Crippen LogP) is 10.8. The van der Waals surface area contributed by atoms with Crippen molar-refractivity contribution in [3.8, 4) is 0 Å². The molecule has 0 aromatic rings. The van der Waals surface area contributed by atoms with E-state index in [0.29, 0.717) is 11.8 Å². The number of amides is 2. The van der Waals surface area contributed by atoms with Gasteiger partial charge in [0, 0.05) is 23.3 Å². The zero-order valence-electron chi connectivity index (χ0n) is 38.0. The van der Waals surface area contributed by atoms with Crippen LogP contribution in [0.3, 0.4) is 0 Å². The molecule has 0 radical (unpaired) electrons. The van der Waals surface area contributed by atoms with Gasteiger partial charge in [0.25, 0.3) is 0 Å². The molecule has 2 amide bonds. The molecular weight excluding hydrogens is 717 g/mol. The minimum Gasteiger partial charge on any atom is -0.467 e. The number of methoxy groups -OCH3 is 2. The molecular formula is C44H84N2O6S2. The molecule has 0 aliphatic rings. The summed E-state index contributed by atoms with van der Waals surface area (Å²) in [6.07, 6.45) is 7.30. The number of carbonyl (C=O) groups is 4. The van der Waals surface area contributed by atoms with E-state index in [1.54, 1.807) is 0 Å². The van der Waals surface area contributed by atoms with Crippen molar-refractivity contribution in [1.82, 2.24) is 10.6 Å². The summed E-state index contributed by atoms with van der Waals surface area (Å²) in [5, 5.41) is 6.07. The summed E-state index contributed by atoms with van der Waals surface area (Å²) in [6.45, 7) is 35.4. The predicted molar refractivity (Wildman–Crippen MR) is 231 cm³/mol. The lowest BCUT2D eigenvalue weighted by Gasteiger charge is -2.31.